The second-order valence-electron chi connectivity index (χ2n) is 4.20. The number of carboxylic acids is 1. The maximum atomic E-state index is 11.1. The van der Waals surface area contributed by atoms with Crippen LogP contribution in [0.2, 0.25) is 0 Å². The second kappa shape index (κ2) is 4.45. The van der Waals surface area contributed by atoms with Crippen molar-refractivity contribution in [2.45, 2.75) is 19.9 Å². The summed E-state index contributed by atoms with van der Waals surface area (Å²) in [5.74, 6) is -0.379. The molecule has 0 bridgehead atoms. The zero-order chi connectivity index (χ0) is 12.4. The molecule has 5 heteroatoms. The fraction of sp³-hybridized carbons (Fsp3) is 0.333. The quantitative estimate of drug-likeness (QED) is 0.849. The van der Waals surface area contributed by atoms with Gasteiger partial charge < -0.3 is 14.8 Å². The van der Waals surface area contributed by atoms with Crippen LogP contribution < -0.4 is 5.32 Å². The number of nitrogens with one attached hydrogen (secondary N) is 1. The number of fused-ring (bicyclic) bond motifs is 1. The number of hydrogen-bond donors (Lipinski definition) is 2. The Balaban J connectivity index is 2.34. The van der Waals surface area contributed by atoms with Gasteiger partial charge in [0.1, 0.15) is 17.4 Å². The zero-order valence-corrected chi connectivity index (χ0v) is 9.68. The van der Waals surface area contributed by atoms with Gasteiger partial charge in [-0.1, -0.05) is 13.8 Å². The first-order chi connectivity index (χ1) is 8.09. The molecule has 0 saturated carbocycles. The van der Waals surface area contributed by atoms with Crippen LogP contribution in [0.1, 0.15) is 13.8 Å². The third-order valence-corrected chi connectivity index (χ3v) is 2.60. The zero-order valence-electron chi connectivity index (χ0n) is 9.68. The number of aliphatic carboxylic acids is 1. The fourth-order valence-electron chi connectivity index (χ4n) is 1.67. The van der Waals surface area contributed by atoms with E-state index >= 15 is 0 Å². The molecule has 0 aliphatic rings. The van der Waals surface area contributed by atoms with Crippen LogP contribution in [-0.2, 0) is 4.79 Å². The van der Waals surface area contributed by atoms with Crippen LogP contribution in [0.25, 0.3) is 11.0 Å². The molecule has 2 heterocycles. The summed E-state index contributed by atoms with van der Waals surface area (Å²) >= 11 is 0. The summed E-state index contributed by atoms with van der Waals surface area (Å²) in [6, 6.07) is 2.85. The van der Waals surface area contributed by atoms with E-state index in [2.05, 4.69) is 10.3 Å². The van der Waals surface area contributed by atoms with Crippen LogP contribution in [0.15, 0.2) is 29.0 Å². The lowest BCUT2D eigenvalue weighted by atomic mass is 10.0. The third-order valence-electron chi connectivity index (χ3n) is 2.60. The molecule has 0 amide bonds. The average molecular weight is 234 g/mol. The highest BCUT2D eigenvalue weighted by Crippen LogP contribution is 2.23. The minimum atomic E-state index is -0.887. The Morgan fingerprint density at radius 3 is 2.88 bits per heavy atom. The lowest BCUT2D eigenvalue weighted by Crippen LogP contribution is -2.34. The molecule has 90 valence electrons. The van der Waals surface area contributed by atoms with E-state index in [0.29, 0.717) is 11.4 Å². The largest absolute Gasteiger partial charge is 0.480 e. The normalized spacial score (nSPS) is 12.9. The number of nitrogens with zero attached hydrogens (tertiary/aromatic N) is 1. The first kappa shape index (κ1) is 11.4. The molecule has 0 aliphatic carbocycles. The minimum absolute atomic E-state index is 0.0311. The molecule has 5 nitrogen and oxygen atoms in total. The van der Waals surface area contributed by atoms with Gasteiger partial charge in [-0.25, -0.2) is 9.78 Å². The number of carbonyl (C=O) groups is 1. The highest BCUT2D eigenvalue weighted by Gasteiger charge is 2.22. The van der Waals surface area contributed by atoms with Crippen molar-refractivity contribution in [3.63, 3.8) is 0 Å². The Morgan fingerprint density at radius 2 is 2.24 bits per heavy atom. The smallest absolute Gasteiger partial charge is 0.326 e. The van der Waals surface area contributed by atoms with Crippen LogP contribution in [-0.4, -0.2) is 22.1 Å². The Bertz CT molecular complexity index is 533. The SMILES string of the molecule is CC(C)[C@H](Nc1nccc2occc12)C(=O)O. The summed E-state index contributed by atoms with van der Waals surface area (Å²) in [5, 5.41) is 12.8. The van der Waals surface area contributed by atoms with Gasteiger partial charge in [0.2, 0.25) is 0 Å². The molecule has 2 aromatic heterocycles. The molecule has 0 saturated heterocycles. The molecule has 0 radical (unpaired) electrons. The van der Waals surface area contributed by atoms with Crippen LogP contribution in [0.4, 0.5) is 5.82 Å². The van der Waals surface area contributed by atoms with Gasteiger partial charge in [-0.2, -0.15) is 0 Å². The highest BCUT2D eigenvalue weighted by molar-refractivity contribution is 5.90. The molecule has 17 heavy (non-hydrogen) atoms. The summed E-state index contributed by atoms with van der Waals surface area (Å²) in [6.45, 7) is 3.70. The number of anilines is 1. The van der Waals surface area contributed by atoms with Crippen LogP contribution in [0, 0.1) is 5.92 Å². The van der Waals surface area contributed by atoms with Crippen molar-refractivity contribution in [3.8, 4) is 0 Å². The van der Waals surface area contributed by atoms with Crippen molar-refractivity contribution < 1.29 is 14.3 Å². The molecule has 0 fully saturated rings. The molecule has 0 aliphatic heterocycles. The fourth-order valence-corrected chi connectivity index (χ4v) is 1.67. The first-order valence-corrected chi connectivity index (χ1v) is 5.41. The maximum absolute atomic E-state index is 11.1. The van der Waals surface area contributed by atoms with Crippen molar-refractivity contribution in [2.75, 3.05) is 5.32 Å². The summed E-state index contributed by atoms with van der Waals surface area (Å²) < 4.78 is 5.23. The van der Waals surface area contributed by atoms with Crippen LogP contribution in [0.5, 0.6) is 0 Å². The van der Waals surface area contributed by atoms with Gasteiger partial charge in [-0.3, -0.25) is 0 Å². The van der Waals surface area contributed by atoms with Gasteiger partial charge in [-0.15, -0.1) is 0 Å². The molecule has 2 N–H and O–H groups in total. The number of furan rings is 1. The monoisotopic (exact) mass is 234 g/mol. The Morgan fingerprint density at radius 1 is 1.47 bits per heavy atom. The highest BCUT2D eigenvalue weighted by atomic mass is 16.4. The summed E-state index contributed by atoms with van der Waals surface area (Å²) in [7, 11) is 0. The van der Waals surface area contributed by atoms with Gasteiger partial charge in [0.25, 0.3) is 0 Å². The topological polar surface area (TPSA) is 75.4 Å². The molecule has 0 spiro atoms. The Hall–Kier alpha value is -2.04. The van der Waals surface area contributed by atoms with Crippen molar-refractivity contribution in [2.24, 2.45) is 5.92 Å². The van der Waals surface area contributed by atoms with Crippen molar-refractivity contribution in [3.05, 3.63) is 24.6 Å². The lowest BCUT2D eigenvalue weighted by molar-refractivity contribution is -0.138. The average Bonchev–Trinajstić information content (AvgIpc) is 2.73. The van der Waals surface area contributed by atoms with E-state index in [0.717, 1.165) is 5.39 Å². The number of aromatic nitrogens is 1. The maximum Gasteiger partial charge on any atom is 0.326 e. The Labute approximate surface area is 98.5 Å². The summed E-state index contributed by atoms with van der Waals surface area (Å²) in [6.07, 6.45) is 3.15. The van der Waals surface area contributed by atoms with E-state index in [4.69, 9.17) is 9.52 Å². The van der Waals surface area contributed by atoms with Gasteiger partial charge in [0, 0.05) is 6.20 Å². The molecule has 0 aromatic carbocycles. The number of carboxylic acid groups (broad SMARTS) is 1. The molecule has 2 rings (SSSR count). The standard InChI is InChI=1S/C12H14N2O3/c1-7(2)10(12(15)16)14-11-8-4-6-17-9(8)3-5-13-11/h3-7,10H,1-2H3,(H,13,14)(H,15,16)/t10-/m0/s1. The van der Waals surface area contributed by atoms with Gasteiger partial charge >= 0.3 is 5.97 Å². The van der Waals surface area contributed by atoms with Crippen molar-refractivity contribution in [1.82, 2.24) is 4.98 Å². The van der Waals surface area contributed by atoms with E-state index in [1.807, 2.05) is 13.8 Å². The lowest BCUT2D eigenvalue weighted by Gasteiger charge is -2.18. The molecule has 0 unspecified atom stereocenters. The predicted molar refractivity (Wildman–Crippen MR) is 63.9 cm³/mol. The molecule has 1 atom stereocenters. The van der Waals surface area contributed by atoms with Crippen LogP contribution >= 0.6 is 0 Å². The van der Waals surface area contributed by atoms with Gasteiger partial charge in [0.05, 0.1) is 11.6 Å². The molecular formula is C12H14N2O3. The summed E-state index contributed by atoms with van der Waals surface area (Å²) in [4.78, 5) is 15.3. The van der Waals surface area contributed by atoms with E-state index in [-0.39, 0.29) is 5.92 Å². The Kier molecular flexibility index (Phi) is 2.99. The predicted octanol–water partition coefficient (Wildman–Crippen LogP) is 2.35. The van der Waals surface area contributed by atoms with Gasteiger partial charge in [-0.05, 0) is 18.1 Å². The van der Waals surface area contributed by atoms with E-state index in [1.54, 1.807) is 24.6 Å². The van der Waals surface area contributed by atoms with Crippen molar-refractivity contribution in [1.29, 1.82) is 0 Å². The first-order valence-electron chi connectivity index (χ1n) is 5.41. The third kappa shape index (κ3) is 2.22. The van der Waals surface area contributed by atoms with Crippen molar-refractivity contribution >= 4 is 22.8 Å². The summed E-state index contributed by atoms with van der Waals surface area (Å²) in [5.41, 5.74) is 0.690. The molecule has 2 aromatic rings. The van der Waals surface area contributed by atoms with Crippen LogP contribution in [0.3, 0.4) is 0 Å². The van der Waals surface area contributed by atoms with E-state index < -0.39 is 12.0 Å². The van der Waals surface area contributed by atoms with E-state index in [9.17, 15) is 4.79 Å². The number of rotatable bonds is 4. The van der Waals surface area contributed by atoms with Gasteiger partial charge in [0.15, 0.2) is 0 Å². The molecular weight excluding hydrogens is 220 g/mol. The number of hydrogen-bond acceptors (Lipinski definition) is 4. The minimum Gasteiger partial charge on any atom is -0.480 e. The van der Waals surface area contributed by atoms with E-state index in [1.165, 1.54) is 0 Å². The number of pyridine rings is 1. The second-order valence-corrected chi connectivity index (χ2v) is 4.20.